The van der Waals surface area contributed by atoms with Crippen LogP contribution in [0.4, 0.5) is 22.0 Å². The molecule has 0 fully saturated rings. The number of nitriles is 2. The van der Waals surface area contributed by atoms with Crippen molar-refractivity contribution in [1.29, 1.82) is 10.5 Å². The molecular weight excluding hydrogens is 331 g/mol. The second-order valence-electron chi connectivity index (χ2n) is 4.79. The average molecular weight is 334 g/mol. The maximum atomic E-state index is 14.1. The Hall–Kier alpha value is -3.33. The quantitative estimate of drug-likeness (QED) is 0.358. The molecule has 118 valence electrons. The van der Waals surface area contributed by atoms with Crippen LogP contribution in [0.1, 0.15) is 16.7 Å². The van der Waals surface area contributed by atoms with E-state index in [0.717, 1.165) is 6.92 Å². The molecule has 4 nitrogen and oxygen atoms in total. The molecule has 0 aliphatic rings. The summed E-state index contributed by atoms with van der Waals surface area (Å²) in [7, 11) is 0. The van der Waals surface area contributed by atoms with Gasteiger partial charge in [-0.2, -0.15) is 10.5 Å². The second-order valence-corrected chi connectivity index (χ2v) is 4.79. The number of rotatable bonds is 0. The van der Waals surface area contributed by atoms with E-state index >= 15 is 0 Å². The lowest BCUT2D eigenvalue weighted by molar-refractivity contribution is 0.451. The molecule has 0 bridgehead atoms. The molecule has 0 saturated heterocycles. The first-order chi connectivity index (χ1) is 11.3. The minimum absolute atomic E-state index is 0.377. The van der Waals surface area contributed by atoms with Crippen molar-refractivity contribution >= 4 is 22.1 Å². The minimum Gasteiger partial charge on any atom is -0.241 e. The van der Waals surface area contributed by atoms with E-state index in [9.17, 15) is 22.0 Å². The van der Waals surface area contributed by atoms with Gasteiger partial charge in [0.1, 0.15) is 39.8 Å². The monoisotopic (exact) mass is 334 g/mol. The predicted octanol–water partition coefficient (Wildman–Crippen LogP) is 3.53. The third kappa shape index (κ3) is 1.82. The minimum atomic E-state index is -1.99. The number of benzene rings is 2. The van der Waals surface area contributed by atoms with Crippen molar-refractivity contribution in [3.63, 3.8) is 0 Å². The molecule has 24 heavy (non-hydrogen) atoms. The van der Waals surface area contributed by atoms with Crippen molar-refractivity contribution in [2.75, 3.05) is 0 Å². The van der Waals surface area contributed by atoms with Crippen molar-refractivity contribution in [3.8, 4) is 12.1 Å². The number of aromatic nitrogens is 2. The smallest absolute Gasteiger partial charge is 0.198 e. The van der Waals surface area contributed by atoms with Crippen molar-refractivity contribution in [1.82, 2.24) is 9.97 Å². The summed E-state index contributed by atoms with van der Waals surface area (Å²) in [5.74, 6) is -8.47. The van der Waals surface area contributed by atoms with Crippen LogP contribution in [-0.2, 0) is 0 Å². The lowest BCUT2D eigenvalue weighted by Crippen LogP contribution is -2.05. The van der Waals surface area contributed by atoms with Gasteiger partial charge < -0.3 is 0 Å². The highest BCUT2D eigenvalue weighted by molar-refractivity contribution is 5.93. The summed E-state index contributed by atoms with van der Waals surface area (Å²) in [6.07, 6.45) is 0. The number of hydrogen-bond acceptors (Lipinski definition) is 4. The standard InChI is InChI=1S/C15H3F5N4/c1-4-5(2-21)12-14(10(19)7(4)16)24-15-11(20)9(18)8(17)6(3-22)13(15)23-12/h1H3. The molecule has 0 radical (unpaired) electrons. The molecule has 0 amide bonds. The summed E-state index contributed by atoms with van der Waals surface area (Å²) >= 11 is 0. The van der Waals surface area contributed by atoms with Gasteiger partial charge in [-0.25, -0.2) is 31.9 Å². The maximum Gasteiger partial charge on any atom is 0.198 e. The molecule has 0 aliphatic heterocycles. The van der Waals surface area contributed by atoms with Crippen molar-refractivity contribution in [2.24, 2.45) is 0 Å². The van der Waals surface area contributed by atoms with Gasteiger partial charge in [0.05, 0.1) is 5.56 Å². The summed E-state index contributed by atoms with van der Waals surface area (Å²) in [5.41, 5.74) is -4.68. The van der Waals surface area contributed by atoms with Gasteiger partial charge in [0.25, 0.3) is 0 Å². The molecule has 9 heteroatoms. The van der Waals surface area contributed by atoms with Crippen molar-refractivity contribution in [2.45, 2.75) is 6.92 Å². The van der Waals surface area contributed by atoms with Crippen LogP contribution in [0.2, 0.25) is 0 Å². The van der Waals surface area contributed by atoms with Crippen LogP contribution >= 0.6 is 0 Å². The first-order valence-electron chi connectivity index (χ1n) is 6.29. The fourth-order valence-corrected chi connectivity index (χ4v) is 2.30. The molecule has 0 atom stereocenters. The SMILES string of the molecule is Cc1c(F)c(F)c2nc3c(F)c(F)c(F)c(C#N)c3nc2c1C#N. The molecule has 1 heterocycles. The van der Waals surface area contributed by atoms with E-state index in [0.29, 0.717) is 0 Å². The number of halogens is 5. The van der Waals surface area contributed by atoms with E-state index in [1.54, 1.807) is 6.07 Å². The fourth-order valence-electron chi connectivity index (χ4n) is 2.30. The van der Waals surface area contributed by atoms with Gasteiger partial charge in [-0.15, -0.1) is 0 Å². The van der Waals surface area contributed by atoms with Crippen LogP contribution in [0.3, 0.4) is 0 Å². The van der Waals surface area contributed by atoms with Gasteiger partial charge in [-0.3, -0.25) is 0 Å². The predicted molar refractivity (Wildman–Crippen MR) is 71.0 cm³/mol. The van der Waals surface area contributed by atoms with Crippen LogP contribution in [0.25, 0.3) is 22.1 Å². The van der Waals surface area contributed by atoms with Gasteiger partial charge in [0.15, 0.2) is 29.1 Å². The molecule has 1 aromatic heterocycles. The molecule has 0 N–H and O–H groups in total. The normalized spacial score (nSPS) is 10.8. The number of fused-ring (bicyclic) bond motifs is 2. The Morgan fingerprint density at radius 2 is 1.08 bits per heavy atom. The highest BCUT2D eigenvalue weighted by atomic mass is 19.2. The lowest BCUT2D eigenvalue weighted by atomic mass is 10.0. The zero-order chi connectivity index (χ0) is 17.8. The van der Waals surface area contributed by atoms with Gasteiger partial charge in [-0.1, -0.05) is 0 Å². The molecule has 2 aromatic carbocycles. The Kier molecular flexibility index (Phi) is 3.31. The molecule has 3 aromatic rings. The zero-order valence-electron chi connectivity index (χ0n) is 11.7. The van der Waals surface area contributed by atoms with Crippen LogP contribution in [-0.4, -0.2) is 9.97 Å². The lowest BCUT2D eigenvalue weighted by Gasteiger charge is -2.09. The Labute approximate surface area is 130 Å². The van der Waals surface area contributed by atoms with E-state index in [1.807, 2.05) is 0 Å². The Balaban J connectivity index is 2.70. The third-order valence-corrected chi connectivity index (χ3v) is 3.51. The summed E-state index contributed by atoms with van der Waals surface area (Å²) < 4.78 is 69.0. The maximum absolute atomic E-state index is 14.1. The van der Waals surface area contributed by atoms with Crippen LogP contribution in [0, 0.1) is 58.7 Å². The fraction of sp³-hybridized carbons (Fsp3) is 0.0667. The van der Waals surface area contributed by atoms with Crippen LogP contribution in [0.5, 0.6) is 0 Å². The molecule has 0 spiro atoms. The molecular formula is C15H3F5N4. The Bertz CT molecular complexity index is 1050. The van der Waals surface area contributed by atoms with Crippen molar-refractivity contribution < 1.29 is 22.0 Å². The molecule has 0 unspecified atom stereocenters. The number of hydrogen-bond donors (Lipinski definition) is 0. The summed E-state index contributed by atoms with van der Waals surface area (Å²) in [6.45, 7) is 1.11. The van der Waals surface area contributed by atoms with E-state index < -0.39 is 62.3 Å². The van der Waals surface area contributed by atoms with E-state index in [-0.39, 0.29) is 5.56 Å². The summed E-state index contributed by atoms with van der Waals surface area (Å²) in [5, 5.41) is 18.0. The van der Waals surface area contributed by atoms with Crippen molar-refractivity contribution in [3.05, 3.63) is 45.8 Å². The van der Waals surface area contributed by atoms with E-state index in [4.69, 9.17) is 10.5 Å². The Morgan fingerprint density at radius 1 is 0.625 bits per heavy atom. The zero-order valence-corrected chi connectivity index (χ0v) is 11.7. The first-order valence-corrected chi connectivity index (χ1v) is 6.29. The number of nitrogens with zero attached hydrogens (tertiary/aromatic N) is 4. The topological polar surface area (TPSA) is 73.4 Å². The third-order valence-electron chi connectivity index (χ3n) is 3.51. The Morgan fingerprint density at radius 3 is 1.62 bits per heavy atom. The van der Waals surface area contributed by atoms with Crippen LogP contribution in [0.15, 0.2) is 0 Å². The molecule has 3 rings (SSSR count). The summed E-state index contributed by atoms with van der Waals surface area (Å²) in [6, 6.07) is 2.91. The van der Waals surface area contributed by atoms with E-state index in [2.05, 4.69) is 9.97 Å². The van der Waals surface area contributed by atoms with Gasteiger partial charge in [0, 0.05) is 5.56 Å². The van der Waals surface area contributed by atoms with Gasteiger partial charge in [0.2, 0.25) is 0 Å². The largest absolute Gasteiger partial charge is 0.241 e. The highest BCUT2D eigenvalue weighted by Gasteiger charge is 2.26. The second kappa shape index (κ2) is 5.10. The molecule has 0 saturated carbocycles. The highest BCUT2D eigenvalue weighted by Crippen LogP contribution is 2.31. The first kappa shape index (κ1) is 15.6. The van der Waals surface area contributed by atoms with Gasteiger partial charge in [-0.05, 0) is 6.92 Å². The molecule has 0 aliphatic carbocycles. The van der Waals surface area contributed by atoms with E-state index in [1.165, 1.54) is 6.07 Å². The average Bonchev–Trinajstić information content (AvgIpc) is 2.58. The van der Waals surface area contributed by atoms with Gasteiger partial charge >= 0.3 is 0 Å². The summed E-state index contributed by atoms with van der Waals surface area (Å²) in [4.78, 5) is 7.12. The van der Waals surface area contributed by atoms with Crippen LogP contribution < -0.4 is 0 Å².